The molecule has 0 aliphatic carbocycles. The van der Waals surface area contributed by atoms with Crippen LogP contribution in [0.1, 0.15) is 38.7 Å². The van der Waals surface area contributed by atoms with Gasteiger partial charge in [-0.3, -0.25) is 4.79 Å². The van der Waals surface area contributed by atoms with E-state index in [-0.39, 0.29) is 34.9 Å². The molecule has 1 saturated heterocycles. The van der Waals surface area contributed by atoms with Crippen molar-refractivity contribution in [1.29, 1.82) is 0 Å². The second-order valence-corrected chi connectivity index (χ2v) is 11.9. The molecular formula is C23H31N3O6S2. The third-order valence-corrected chi connectivity index (χ3v) is 9.11. The van der Waals surface area contributed by atoms with E-state index in [1.54, 1.807) is 31.2 Å². The first-order valence-corrected chi connectivity index (χ1v) is 14.1. The topological polar surface area (TPSA) is 122 Å². The van der Waals surface area contributed by atoms with E-state index in [0.717, 1.165) is 18.4 Å². The Bertz CT molecular complexity index is 1170. The third-order valence-electron chi connectivity index (χ3n) is 5.59. The highest BCUT2D eigenvalue weighted by atomic mass is 32.2. The predicted molar refractivity (Wildman–Crippen MR) is 128 cm³/mol. The summed E-state index contributed by atoms with van der Waals surface area (Å²) in [6, 6.07) is 12.1. The van der Waals surface area contributed by atoms with Gasteiger partial charge in [0, 0.05) is 25.7 Å². The van der Waals surface area contributed by atoms with E-state index in [1.807, 2.05) is 6.92 Å². The van der Waals surface area contributed by atoms with Gasteiger partial charge >= 0.3 is 0 Å². The van der Waals surface area contributed by atoms with Crippen molar-refractivity contribution in [3.63, 3.8) is 0 Å². The van der Waals surface area contributed by atoms with E-state index in [0.29, 0.717) is 25.3 Å². The summed E-state index contributed by atoms with van der Waals surface area (Å²) in [5, 5.41) is 2.72. The zero-order valence-electron chi connectivity index (χ0n) is 19.4. The van der Waals surface area contributed by atoms with Crippen LogP contribution in [0.15, 0.2) is 58.3 Å². The molecule has 2 N–H and O–H groups in total. The summed E-state index contributed by atoms with van der Waals surface area (Å²) in [6.07, 6.45) is 2.44. The largest absolute Gasteiger partial charge is 0.484 e. The van der Waals surface area contributed by atoms with Crippen molar-refractivity contribution in [1.82, 2.24) is 14.3 Å². The fourth-order valence-electron chi connectivity index (χ4n) is 3.39. The number of carbonyl (C=O) groups is 1. The predicted octanol–water partition coefficient (Wildman–Crippen LogP) is 2.24. The van der Waals surface area contributed by atoms with Crippen molar-refractivity contribution < 1.29 is 26.4 Å². The van der Waals surface area contributed by atoms with Gasteiger partial charge in [-0.2, -0.15) is 4.31 Å². The second-order valence-electron chi connectivity index (χ2n) is 8.22. The quantitative estimate of drug-likeness (QED) is 0.479. The smallest absolute Gasteiger partial charge is 0.258 e. The molecule has 9 nitrogen and oxygen atoms in total. The zero-order chi connectivity index (χ0) is 24.8. The molecule has 2 aromatic carbocycles. The van der Waals surface area contributed by atoms with Crippen LogP contribution in [-0.2, 0) is 31.4 Å². The van der Waals surface area contributed by atoms with Gasteiger partial charge in [-0.25, -0.2) is 21.6 Å². The number of hydrogen-bond donors (Lipinski definition) is 2. The van der Waals surface area contributed by atoms with Gasteiger partial charge in [0.2, 0.25) is 20.0 Å². The van der Waals surface area contributed by atoms with Gasteiger partial charge in [0.15, 0.2) is 6.61 Å². The number of amides is 1. The highest BCUT2D eigenvalue weighted by Gasteiger charge is 2.26. The van der Waals surface area contributed by atoms with Gasteiger partial charge in [0.25, 0.3) is 5.91 Å². The number of carbonyl (C=O) groups excluding carboxylic acids is 1. The Hall–Kier alpha value is -2.47. The summed E-state index contributed by atoms with van der Waals surface area (Å²) in [7, 11) is -7.06. The molecule has 1 aliphatic rings. The summed E-state index contributed by atoms with van der Waals surface area (Å²) >= 11 is 0. The number of ether oxygens (including phenoxy) is 1. The molecule has 2 aromatic rings. The molecule has 1 heterocycles. The number of hydrogen-bond acceptors (Lipinski definition) is 6. The lowest BCUT2D eigenvalue weighted by atomic mass is 10.2. The molecule has 0 bridgehead atoms. The van der Waals surface area contributed by atoms with Crippen LogP contribution in [0, 0.1) is 0 Å². The Morgan fingerprint density at radius 1 is 0.971 bits per heavy atom. The number of sulfonamides is 2. The van der Waals surface area contributed by atoms with Crippen LogP contribution in [0.3, 0.4) is 0 Å². The maximum atomic E-state index is 12.6. The minimum atomic E-state index is -3.60. The first-order chi connectivity index (χ1) is 16.1. The lowest BCUT2D eigenvalue weighted by Crippen LogP contribution is -2.32. The molecule has 1 fully saturated rings. The van der Waals surface area contributed by atoms with Crippen LogP contribution in [0.25, 0.3) is 0 Å². The molecule has 1 amide bonds. The average molecular weight is 510 g/mol. The van der Waals surface area contributed by atoms with Crippen LogP contribution < -0.4 is 14.8 Å². The van der Waals surface area contributed by atoms with E-state index in [1.165, 1.54) is 28.6 Å². The lowest BCUT2D eigenvalue weighted by Gasteiger charge is -2.15. The van der Waals surface area contributed by atoms with E-state index in [2.05, 4.69) is 10.0 Å². The standard InChI is InChI=1S/C23H31N3O6S2/c1-3-18(2)25-33(28,29)21-12-8-20(9-13-21)32-17-23(27)24-16-19-6-10-22(11-7-19)34(30,31)26-14-4-5-15-26/h6-13,18,25H,3-5,14-17H2,1-2H3,(H,24,27). The Morgan fingerprint density at radius 2 is 1.56 bits per heavy atom. The first kappa shape index (κ1) is 26.1. The fourth-order valence-corrected chi connectivity index (χ4v) is 6.23. The average Bonchev–Trinajstić information content (AvgIpc) is 3.38. The van der Waals surface area contributed by atoms with E-state index < -0.39 is 20.0 Å². The summed E-state index contributed by atoms with van der Waals surface area (Å²) < 4.78 is 59.2. The minimum absolute atomic E-state index is 0.125. The monoisotopic (exact) mass is 509 g/mol. The van der Waals surface area contributed by atoms with Gasteiger partial charge in [0.1, 0.15) is 5.75 Å². The Kier molecular flexibility index (Phi) is 8.69. The van der Waals surface area contributed by atoms with Gasteiger partial charge < -0.3 is 10.1 Å². The molecule has 0 saturated carbocycles. The van der Waals surface area contributed by atoms with Crippen LogP contribution in [-0.4, -0.2) is 52.8 Å². The molecule has 0 radical (unpaired) electrons. The summed E-state index contributed by atoms with van der Waals surface area (Å²) in [5.74, 6) is 0.0120. The van der Waals surface area contributed by atoms with E-state index in [4.69, 9.17) is 4.74 Å². The van der Waals surface area contributed by atoms with Crippen LogP contribution in [0.2, 0.25) is 0 Å². The van der Waals surface area contributed by atoms with Gasteiger partial charge in [-0.15, -0.1) is 0 Å². The molecule has 11 heteroatoms. The van der Waals surface area contributed by atoms with E-state index in [9.17, 15) is 21.6 Å². The first-order valence-electron chi connectivity index (χ1n) is 11.2. The summed E-state index contributed by atoms with van der Waals surface area (Å²) in [4.78, 5) is 12.5. The fraction of sp³-hybridized carbons (Fsp3) is 0.435. The zero-order valence-corrected chi connectivity index (χ0v) is 21.0. The van der Waals surface area contributed by atoms with E-state index >= 15 is 0 Å². The van der Waals surface area contributed by atoms with Crippen molar-refractivity contribution in [2.75, 3.05) is 19.7 Å². The second kappa shape index (κ2) is 11.3. The van der Waals surface area contributed by atoms with Crippen molar-refractivity contribution in [2.24, 2.45) is 0 Å². The minimum Gasteiger partial charge on any atom is -0.484 e. The highest BCUT2D eigenvalue weighted by molar-refractivity contribution is 7.89. The molecule has 1 unspecified atom stereocenters. The highest BCUT2D eigenvalue weighted by Crippen LogP contribution is 2.21. The third kappa shape index (κ3) is 6.78. The van der Waals surface area contributed by atoms with Crippen LogP contribution in [0.4, 0.5) is 0 Å². The molecule has 0 spiro atoms. The van der Waals surface area contributed by atoms with Crippen molar-refractivity contribution in [3.8, 4) is 5.75 Å². The van der Waals surface area contributed by atoms with Gasteiger partial charge in [-0.1, -0.05) is 19.1 Å². The van der Waals surface area contributed by atoms with Gasteiger partial charge in [0.05, 0.1) is 9.79 Å². The maximum absolute atomic E-state index is 12.6. The maximum Gasteiger partial charge on any atom is 0.258 e. The SMILES string of the molecule is CCC(C)NS(=O)(=O)c1ccc(OCC(=O)NCc2ccc(S(=O)(=O)N3CCCC3)cc2)cc1. The summed E-state index contributed by atoms with van der Waals surface area (Å²) in [6.45, 7) is 4.77. The number of nitrogens with one attached hydrogen (secondary N) is 2. The van der Waals surface area contributed by atoms with Crippen LogP contribution in [0.5, 0.6) is 5.75 Å². The van der Waals surface area contributed by atoms with Crippen molar-refractivity contribution >= 4 is 26.0 Å². The number of rotatable bonds is 11. The molecule has 34 heavy (non-hydrogen) atoms. The molecule has 186 valence electrons. The van der Waals surface area contributed by atoms with Crippen molar-refractivity contribution in [2.45, 2.75) is 55.5 Å². The summed E-state index contributed by atoms with van der Waals surface area (Å²) in [5.41, 5.74) is 0.761. The molecule has 1 atom stereocenters. The Balaban J connectivity index is 1.47. The Morgan fingerprint density at radius 3 is 2.15 bits per heavy atom. The molecular weight excluding hydrogens is 478 g/mol. The lowest BCUT2D eigenvalue weighted by molar-refractivity contribution is -0.123. The molecule has 1 aliphatic heterocycles. The Labute approximate surface area is 201 Å². The number of benzene rings is 2. The normalized spacial score (nSPS) is 15.7. The van der Waals surface area contributed by atoms with Gasteiger partial charge in [-0.05, 0) is 68.1 Å². The van der Waals surface area contributed by atoms with Crippen LogP contribution >= 0.6 is 0 Å². The molecule has 3 rings (SSSR count). The molecule has 0 aromatic heterocycles. The van der Waals surface area contributed by atoms with Crippen molar-refractivity contribution in [3.05, 3.63) is 54.1 Å². The number of nitrogens with zero attached hydrogens (tertiary/aromatic N) is 1.